The first kappa shape index (κ1) is 14.9. The molecule has 1 saturated carbocycles. The molecule has 0 radical (unpaired) electrons. The first-order valence-corrected chi connectivity index (χ1v) is 7.45. The quantitative estimate of drug-likeness (QED) is 0.619. The summed E-state index contributed by atoms with van der Waals surface area (Å²) in [6.07, 6.45) is 7.87. The zero-order valence-electron chi connectivity index (χ0n) is 11.8. The Bertz CT molecular complexity index is 425. The molecule has 110 valence electrons. The Hall–Kier alpha value is -1.55. The summed E-state index contributed by atoms with van der Waals surface area (Å²) in [7, 11) is 0. The maximum Gasteiger partial charge on any atom is 0.335 e. The van der Waals surface area contributed by atoms with Crippen molar-refractivity contribution in [1.82, 2.24) is 5.32 Å². The van der Waals surface area contributed by atoms with E-state index in [1.54, 1.807) is 24.3 Å². The molecular formula is C16H23NO3. The van der Waals surface area contributed by atoms with E-state index in [2.05, 4.69) is 5.32 Å². The Morgan fingerprint density at radius 2 is 2.00 bits per heavy atom. The summed E-state index contributed by atoms with van der Waals surface area (Å²) in [5.41, 5.74) is 0.263. The van der Waals surface area contributed by atoms with Crippen molar-refractivity contribution >= 4 is 5.97 Å². The number of ether oxygens (including phenoxy) is 1. The highest BCUT2D eigenvalue weighted by molar-refractivity contribution is 5.87. The molecule has 0 aliphatic heterocycles. The van der Waals surface area contributed by atoms with Crippen LogP contribution in [-0.2, 0) is 0 Å². The minimum absolute atomic E-state index is 0.263. The summed E-state index contributed by atoms with van der Waals surface area (Å²) < 4.78 is 5.59. The third kappa shape index (κ3) is 4.85. The first-order chi connectivity index (χ1) is 9.75. The van der Waals surface area contributed by atoms with Crippen LogP contribution in [0.2, 0.25) is 0 Å². The van der Waals surface area contributed by atoms with Crippen LogP contribution in [0.1, 0.15) is 48.9 Å². The maximum absolute atomic E-state index is 10.9. The van der Waals surface area contributed by atoms with Crippen molar-refractivity contribution in [3.8, 4) is 5.75 Å². The molecule has 0 atom stereocenters. The number of benzene rings is 1. The largest absolute Gasteiger partial charge is 0.492 e. The summed E-state index contributed by atoms with van der Waals surface area (Å²) in [4.78, 5) is 10.9. The number of rotatable bonds is 6. The van der Waals surface area contributed by atoms with Crippen LogP contribution in [0.3, 0.4) is 0 Å². The van der Waals surface area contributed by atoms with E-state index in [-0.39, 0.29) is 5.56 Å². The highest BCUT2D eigenvalue weighted by Crippen LogP contribution is 2.17. The van der Waals surface area contributed by atoms with Gasteiger partial charge in [-0.3, -0.25) is 0 Å². The van der Waals surface area contributed by atoms with Gasteiger partial charge in [0.1, 0.15) is 12.4 Å². The first-order valence-electron chi connectivity index (χ1n) is 7.45. The van der Waals surface area contributed by atoms with Gasteiger partial charge in [0.2, 0.25) is 0 Å². The molecule has 0 heterocycles. The lowest BCUT2D eigenvalue weighted by Gasteiger charge is -2.16. The molecule has 0 amide bonds. The SMILES string of the molecule is O=C(O)c1cccc(OCCNC2CCCCCC2)c1. The number of carbonyl (C=O) groups is 1. The van der Waals surface area contributed by atoms with Gasteiger partial charge in [-0.1, -0.05) is 31.7 Å². The van der Waals surface area contributed by atoms with Gasteiger partial charge in [-0.15, -0.1) is 0 Å². The van der Waals surface area contributed by atoms with Gasteiger partial charge in [0.25, 0.3) is 0 Å². The number of aromatic carboxylic acids is 1. The highest BCUT2D eigenvalue weighted by Gasteiger charge is 2.11. The molecule has 4 heteroatoms. The van der Waals surface area contributed by atoms with Crippen LogP contribution < -0.4 is 10.1 Å². The number of hydrogen-bond donors (Lipinski definition) is 2. The Morgan fingerprint density at radius 3 is 2.70 bits per heavy atom. The number of carboxylic acid groups (broad SMARTS) is 1. The molecule has 2 N–H and O–H groups in total. The second-order valence-electron chi connectivity index (χ2n) is 5.32. The molecule has 1 aliphatic rings. The Labute approximate surface area is 120 Å². The molecule has 0 unspecified atom stereocenters. The minimum Gasteiger partial charge on any atom is -0.492 e. The summed E-state index contributed by atoms with van der Waals surface area (Å²) >= 11 is 0. The van der Waals surface area contributed by atoms with E-state index in [1.165, 1.54) is 38.5 Å². The predicted octanol–water partition coefficient (Wildman–Crippen LogP) is 3.08. The smallest absolute Gasteiger partial charge is 0.335 e. The second-order valence-corrected chi connectivity index (χ2v) is 5.32. The van der Waals surface area contributed by atoms with E-state index in [0.29, 0.717) is 18.4 Å². The normalized spacial score (nSPS) is 16.6. The van der Waals surface area contributed by atoms with Gasteiger partial charge in [0.15, 0.2) is 0 Å². The number of nitrogens with one attached hydrogen (secondary N) is 1. The standard InChI is InChI=1S/C16H23NO3/c18-16(19)13-6-5-9-15(12-13)20-11-10-17-14-7-3-1-2-4-8-14/h5-6,9,12,14,17H,1-4,7-8,10-11H2,(H,18,19). The lowest BCUT2D eigenvalue weighted by Crippen LogP contribution is -2.32. The molecule has 0 bridgehead atoms. The van der Waals surface area contributed by atoms with Gasteiger partial charge in [0, 0.05) is 12.6 Å². The van der Waals surface area contributed by atoms with Crippen LogP contribution in [0.4, 0.5) is 0 Å². The van der Waals surface area contributed by atoms with E-state index in [1.807, 2.05) is 0 Å². The number of hydrogen-bond acceptors (Lipinski definition) is 3. The zero-order chi connectivity index (χ0) is 14.2. The maximum atomic E-state index is 10.9. The monoisotopic (exact) mass is 277 g/mol. The van der Waals surface area contributed by atoms with Gasteiger partial charge in [0.05, 0.1) is 5.56 Å². The zero-order valence-corrected chi connectivity index (χ0v) is 11.8. The van der Waals surface area contributed by atoms with Crippen molar-refractivity contribution in [1.29, 1.82) is 0 Å². The van der Waals surface area contributed by atoms with Crippen molar-refractivity contribution < 1.29 is 14.6 Å². The van der Waals surface area contributed by atoms with Gasteiger partial charge in [-0.25, -0.2) is 4.79 Å². The Kier molecular flexibility index (Phi) is 5.87. The second kappa shape index (κ2) is 7.90. The lowest BCUT2D eigenvalue weighted by molar-refractivity contribution is 0.0696. The molecule has 0 spiro atoms. The van der Waals surface area contributed by atoms with Crippen LogP contribution in [0.15, 0.2) is 24.3 Å². The summed E-state index contributed by atoms with van der Waals surface area (Å²) in [6.45, 7) is 1.38. The highest BCUT2D eigenvalue weighted by atomic mass is 16.5. The molecule has 2 rings (SSSR count). The summed E-state index contributed by atoms with van der Waals surface area (Å²) in [5.74, 6) is -0.306. The van der Waals surface area contributed by atoms with Crippen LogP contribution >= 0.6 is 0 Å². The van der Waals surface area contributed by atoms with E-state index in [4.69, 9.17) is 9.84 Å². The van der Waals surface area contributed by atoms with E-state index in [9.17, 15) is 4.79 Å². The molecule has 20 heavy (non-hydrogen) atoms. The van der Waals surface area contributed by atoms with Crippen molar-refractivity contribution in [2.75, 3.05) is 13.2 Å². The molecule has 1 aliphatic carbocycles. The van der Waals surface area contributed by atoms with Crippen molar-refractivity contribution in [2.24, 2.45) is 0 Å². The third-order valence-corrected chi connectivity index (χ3v) is 3.74. The minimum atomic E-state index is -0.924. The molecule has 1 aromatic rings. The third-order valence-electron chi connectivity index (χ3n) is 3.74. The fourth-order valence-corrected chi connectivity index (χ4v) is 2.63. The van der Waals surface area contributed by atoms with E-state index in [0.717, 1.165) is 6.54 Å². The molecular weight excluding hydrogens is 254 g/mol. The van der Waals surface area contributed by atoms with Crippen molar-refractivity contribution in [3.05, 3.63) is 29.8 Å². The van der Waals surface area contributed by atoms with Crippen molar-refractivity contribution in [3.63, 3.8) is 0 Å². The van der Waals surface area contributed by atoms with E-state index >= 15 is 0 Å². The Balaban J connectivity index is 1.70. The van der Waals surface area contributed by atoms with Crippen LogP contribution in [-0.4, -0.2) is 30.3 Å². The molecule has 4 nitrogen and oxygen atoms in total. The fourth-order valence-electron chi connectivity index (χ4n) is 2.63. The van der Waals surface area contributed by atoms with Gasteiger partial charge < -0.3 is 15.2 Å². The molecule has 1 aromatic carbocycles. The molecule has 1 fully saturated rings. The topological polar surface area (TPSA) is 58.6 Å². The van der Waals surface area contributed by atoms with Crippen molar-refractivity contribution in [2.45, 2.75) is 44.6 Å². The van der Waals surface area contributed by atoms with Gasteiger partial charge in [-0.05, 0) is 31.0 Å². The molecule has 0 saturated heterocycles. The molecule has 0 aromatic heterocycles. The predicted molar refractivity (Wildman–Crippen MR) is 78.4 cm³/mol. The Morgan fingerprint density at radius 1 is 1.25 bits per heavy atom. The van der Waals surface area contributed by atoms with Gasteiger partial charge in [-0.2, -0.15) is 0 Å². The lowest BCUT2D eigenvalue weighted by atomic mass is 10.1. The summed E-state index contributed by atoms with van der Waals surface area (Å²) in [5, 5.41) is 12.4. The average molecular weight is 277 g/mol. The van der Waals surface area contributed by atoms with Crippen LogP contribution in [0.5, 0.6) is 5.75 Å². The van der Waals surface area contributed by atoms with Crippen LogP contribution in [0.25, 0.3) is 0 Å². The summed E-state index contributed by atoms with van der Waals surface area (Å²) in [6, 6.07) is 7.24. The van der Waals surface area contributed by atoms with E-state index < -0.39 is 5.97 Å². The van der Waals surface area contributed by atoms with Gasteiger partial charge >= 0.3 is 5.97 Å². The van der Waals surface area contributed by atoms with Crippen LogP contribution in [0, 0.1) is 0 Å². The number of carboxylic acids is 1. The average Bonchev–Trinajstić information content (AvgIpc) is 2.72. The fraction of sp³-hybridized carbons (Fsp3) is 0.562.